The molecule has 0 bridgehead atoms. The molecule has 0 aliphatic rings. The number of alkyl halides is 1. The van der Waals surface area contributed by atoms with Crippen LogP contribution in [-0.4, -0.2) is 53.9 Å². The SMILES string of the molecule is CCC(CC)N(CCBr)CCN(CC)CC. The van der Waals surface area contributed by atoms with Crippen molar-refractivity contribution in [2.24, 2.45) is 0 Å². The zero-order chi connectivity index (χ0) is 12.4. The highest BCUT2D eigenvalue weighted by Gasteiger charge is 2.14. The molecule has 0 aliphatic heterocycles. The minimum Gasteiger partial charge on any atom is -0.303 e. The van der Waals surface area contributed by atoms with Crippen molar-refractivity contribution >= 4 is 15.9 Å². The van der Waals surface area contributed by atoms with Crippen LogP contribution in [0.4, 0.5) is 0 Å². The van der Waals surface area contributed by atoms with Crippen LogP contribution in [0, 0.1) is 0 Å². The molecule has 0 aromatic rings. The van der Waals surface area contributed by atoms with Gasteiger partial charge in [-0.2, -0.15) is 0 Å². The molecular weight excluding hydrogens is 264 g/mol. The number of hydrogen-bond donors (Lipinski definition) is 0. The van der Waals surface area contributed by atoms with Gasteiger partial charge in [0.1, 0.15) is 0 Å². The fraction of sp³-hybridized carbons (Fsp3) is 1.00. The van der Waals surface area contributed by atoms with Crippen molar-refractivity contribution in [1.29, 1.82) is 0 Å². The van der Waals surface area contributed by atoms with Crippen molar-refractivity contribution in [1.82, 2.24) is 9.80 Å². The van der Waals surface area contributed by atoms with E-state index in [1.54, 1.807) is 0 Å². The van der Waals surface area contributed by atoms with Crippen molar-refractivity contribution in [3.8, 4) is 0 Å². The molecule has 98 valence electrons. The van der Waals surface area contributed by atoms with Crippen LogP contribution in [0.15, 0.2) is 0 Å². The van der Waals surface area contributed by atoms with E-state index in [4.69, 9.17) is 0 Å². The Morgan fingerprint density at radius 3 is 1.81 bits per heavy atom. The third-order valence-corrected chi connectivity index (χ3v) is 3.78. The van der Waals surface area contributed by atoms with Crippen LogP contribution in [0.3, 0.4) is 0 Å². The molecule has 0 aliphatic carbocycles. The second-order valence-electron chi connectivity index (χ2n) is 4.22. The molecule has 0 saturated heterocycles. The Bertz CT molecular complexity index is 145. The Labute approximate surface area is 111 Å². The molecule has 16 heavy (non-hydrogen) atoms. The summed E-state index contributed by atoms with van der Waals surface area (Å²) in [6, 6.07) is 0.758. The zero-order valence-corrected chi connectivity index (χ0v) is 13.1. The average Bonchev–Trinajstić information content (AvgIpc) is 2.31. The number of rotatable bonds is 10. The van der Waals surface area contributed by atoms with E-state index in [1.807, 2.05) is 0 Å². The van der Waals surface area contributed by atoms with Crippen LogP contribution in [0.1, 0.15) is 40.5 Å². The summed E-state index contributed by atoms with van der Waals surface area (Å²) < 4.78 is 0. The summed E-state index contributed by atoms with van der Waals surface area (Å²) in [5.74, 6) is 0. The minimum atomic E-state index is 0.758. The molecule has 0 N–H and O–H groups in total. The van der Waals surface area contributed by atoms with Gasteiger partial charge in [0.15, 0.2) is 0 Å². The lowest BCUT2D eigenvalue weighted by Gasteiger charge is -2.32. The van der Waals surface area contributed by atoms with Gasteiger partial charge < -0.3 is 4.90 Å². The maximum atomic E-state index is 3.56. The molecule has 2 nitrogen and oxygen atoms in total. The van der Waals surface area contributed by atoms with E-state index in [1.165, 1.54) is 45.6 Å². The molecule has 3 heteroatoms. The van der Waals surface area contributed by atoms with E-state index in [-0.39, 0.29) is 0 Å². The molecule has 0 aromatic carbocycles. The van der Waals surface area contributed by atoms with Crippen LogP contribution < -0.4 is 0 Å². The van der Waals surface area contributed by atoms with E-state index >= 15 is 0 Å². The van der Waals surface area contributed by atoms with Gasteiger partial charge in [0.05, 0.1) is 0 Å². The summed E-state index contributed by atoms with van der Waals surface area (Å²) in [5.41, 5.74) is 0. The van der Waals surface area contributed by atoms with E-state index < -0.39 is 0 Å². The molecule has 0 atom stereocenters. The quantitative estimate of drug-likeness (QED) is 0.571. The lowest BCUT2D eigenvalue weighted by atomic mass is 10.1. The third kappa shape index (κ3) is 6.21. The maximum absolute atomic E-state index is 3.56. The Morgan fingerprint density at radius 2 is 1.44 bits per heavy atom. The van der Waals surface area contributed by atoms with Crippen molar-refractivity contribution in [3.63, 3.8) is 0 Å². The van der Waals surface area contributed by atoms with Crippen molar-refractivity contribution in [2.45, 2.75) is 46.6 Å². The lowest BCUT2D eigenvalue weighted by molar-refractivity contribution is 0.166. The number of halogens is 1. The van der Waals surface area contributed by atoms with Gasteiger partial charge in [-0.15, -0.1) is 0 Å². The summed E-state index contributed by atoms with van der Waals surface area (Å²) >= 11 is 3.56. The predicted octanol–water partition coefficient (Wildman–Crippen LogP) is 3.21. The molecule has 0 radical (unpaired) electrons. The minimum absolute atomic E-state index is 0.758. The van der Waals surface area contributed by atoms with E-state index in [0.29, 0.717) is 0 Å². The van der Waals surface area contributed by atoms with Crippen molar-refractivity contribution in [3.05, 3.63) is 0 Å². The Hall–Kier alpha value is 0.400. The summed E-state index contributed by atoms with van der Waals surface area (Å²) in [7, 11) is 0. The van der Waals surface area contributed by atoms with E-state index in [0.717, 1.165) is 11.4 Å². The van der Waals surface area contributed by atoms with Gasteiger partial charge in [0, 0.05) is 31.0 Å². The molecular formula is C13H29BrN2. The van der Waals surface area contributed by atoms with Crippen molar-refractivity contribution in [2.75, 3.05) is 38.1 Å². The second kappa shape index (κ2) is 10.5. The second-order valence-corrected chi connectivity index (χ2v) is 5.02. The Balaban J connectivity index is 4.10. The highest BCUT2D eigenvalue weighted by molar-refractivity contribution is 9.09. The first-order valence-corrected chi connectivity index (χ1v) is 7.87. The molecule has 0 spiro atoms. The standard InChI is InChI=1S/C13H29BrN2/c1-5-13(6-2)16(10-9-14)12-11-15(7-3)8-4/h13H,5-12H2,1-4H3. The Morgan fingerprint density at radius 1 is 0.875 bits per heavy atom. The molecule has 0 amide bonds. The smallest absolute Gasteiger partial charge is 0.0159 e. The zero-order valence-electron chi connectivity index (χ0n) is 11.5. The third-order valence-electron chi connectivity index (χ3n) is 3.43. The van der Waals surface area contributed by atoms with Gasteiger partial charge in [-0.25, -0.2) is 0 Å². The van der Waals surface area contributed by atoms with Crippen molar-refractivity contribution < 1.29 is 0 Å². The van der Waals surface area contributed by atoms with Crippen LogP contribution >= 0.6 is 15.9 Å². The van der Waals surface area contributed by atoms with Gasteiger partial charge in [-0.3, -0.25) is 4.90 Å². The summed E-state index contributed by atoms with van der Waals surface area (Å²) in [6.45, 7) is 15.0. The van der Waals surface area contributed by atoms with Gasteiger partial charge in [0.2, 0.25) is 0 Å². The van der Waals surface area contributed by atoms with Crippen LogP contribution in [-0.2, 0) is 0 Å². The summed E-state index contributed by atoms with van der Waals surface area (Å²) in [4.78, 5) is 5.14. The Kier molecular flexibility index (Phi) is 10.8. The molecule has 0 unspecified atom stereocenters. The normalized spacial score (nSPS) is 12.0. The monoisotopic (exact) mass is 292 g/mol. The fourth-order valence-corrected chi connectivity index (χ4v) is 2.66. The lowest BCUT2D eigenvalue weighted by Crippen LogP contribution is -2.41. The van der Waals surface area contributed by atoms with Gasteiger partial charge in [-0.05, 0) is 25.9 Å². The summed E-state index contributed by atoms with van der Waals surface area (Å²) in [6.07, 6.45) is 2.53. The predicted molar refractivity (Wildman–Crippen MR) is 77.5 cm³/mol. The fourth-order valence-electron chi connectivity index (χ4n) is 2.20. The first kappa shape index (κ1) is 16.4. The van der Waals surface area contributed by atoms with E-state index in [9.17, 15) is 0 Å². The van der Waals surface area contributed by atoms with Gasteiger partial charge in [0.25, 0.3) is 0 Å². The van der Waals surface area contributed by atoms with Crippen LogP contribution in [0.5, 0.6) is 0 Å². The topological polar surface area (TPSA) is 6.48 Å². The molecule has 0 heterocycles. The molecule has 0 rings (SSSR count). The highest BCUT2D eigenvalue weighted by atomic mass is 79.9. The van der Waals surface area contributed by atoms with Gasteiger partial charge >= 0.3 is 0 Å². The molecule has 0 fully saturated rings. The van der Waals surface area contributed by atoms with E-state index in [2.05, 4.69) is 53.4 Å². The highest BCUT2D eigenvalue weighted by Crippen LogP contribution is 2.09. The molecule has 0 aromatic heterocycles. The number of hydrogen-bond acceptors (Lipinski definition) is 2. The van der Waals surface area contributed by atoms with Crippen LogP contribution in [0.25, 0.3) is 0 Å². The first-order chi connectivity index (χ1) is 7.73. The van der Waals surface area contributed by atoms with Gasteiger partial charge in [-0.1, -0.05) is 43.6 Å². The van der Waals surface area contributed by atoms with Crippen LogP contribution in [0.2, 0.25) is 0 Å². The summed E-state index contributed by atoms with van der Waals surface area (Å²) in [5, 5.41) is 1.09. The first-order valence-electron chi connectivity index (χ1n) is 6.75. The molecule has 0 saturated carbocycles. The largest absolute Gasteiger partial charge is 0.303 e. The number of likely N-dealkylation sites (N-methyl/N-ethyl adjacent to an activating group) is 1. The average molecular weight is 293 g/mol. The maximum Gasteiger partial charge on any atom is 0.0159 e. The number of nitrogens with zero attached hydrogens (tertiary/aromatic N) is 2.